The van der Waals surface area contributed by atoms with Crippen molar-refractivity contribution in [3.8, 4) is 0 Å². The van der Waals surface area contributed by atoms with Gasteiger partial charge < -0.3 is 5.32 Å². The molecule has 0 radical (unpaired) electrons. The molecule has 0 bridgehead atoms. The summed E-state index contributed by atoms with van der Waals surface area (Å²) >= 11 is 7.46. The highest BCUT2D eigenvalue weighted by molar-refractivity contribution is 7.98. The molecular formula is C19H16ClFN4OS. The quantitative estimate of drug-likeness (QED) is 0.460. The van der Waals surface area contributed by atoms with Gasteiger partial charge in [0.15, 0.2) is 5.16 Å². The van der Waals surface area contributed by atoms with Gasteiger partial charge in [-0.05, 0) is 29.8 Å². The molecule has 0 fully saturated rings. The topological polar surface area (TPSA) is 59.8 Å². The van der Waals surface area contributed by atoms with Crippen molar-refractivity contribution >= 4 is 34.9 Å². The second kappa shape index (κ2) is 8.83. The molecule has 138 valence electrons. The first-order valence-corrected chi connectivity index (χ1v) is 9.42. The van der Waals surface area contributed by atoms with Crippen molar-refractivity contribution in [3.63, 3.8) is 0 Å². The van der Waals surface area contributed by atoms with Crippen molar-refractivity contribution in [2.75, 3.05) is 5.32 Å². The van der Waals surface area contributed by atoms with Gasteiger partial charge in [-0.3, -0.25) is 9.36 Å². The lowest BCUT2D eigenvalue weighted by molar-refractivity contribution is 0.625. The molecule has 0 unspecified atom stereocenters. The number of thioether (sulfide) groups is 1. The maximum atomic E-state index is 13.0. The van der Waals surface area contributed by atoms with E-state index >= 15 is 0 Å². The normalized spacial score (nSPS) is 10.6. The van der Waals surface area contributed by atoms with Gasteiger partial charge in [0.25, 0.3) is 5.56 Å². The molecule has 1 N–H and O–H groups in total. The Morgan fingerprint density at radius 3 is 2.63 bits per heavy atom. The summed E-state index contributed by atoms with van der Waals surface area (Å²) in [6.07, 6.45) is 1.62. The van der Waals surface area contributed by atoms with Gasteiger partial charge >= 0.3 is 0 Å². The summed E-state index contributed by atoms with van der Waals surface area (Å²) in [7, 11) is 0. The van der Waals surface area contributed by atoms with E-state index in [1.165, 1.54) is 28.5 Å². The lowest BCUT2D eigenvalue weighted by Gasteiger charge is -2.12. The Hall–Kier alpha value is -2.64. The third kappa shape index (κ3) is 4.75. The predicted octanol–water partition coefficient (Wildman–Crippen LogP) is 4.65. The van der Waals surface area contributed by atoms with Gasteiger partial charge in [-0.15, -0.1) is 16.8 Å². The molecule has 0 aliphatic heterocycles. The zero-order valence-corrected chi connectivity index (χ0v) is 15.8. The Balaban J connectivity index is 1.85. The fourth-order valence-corrected chi connectivity index (χ4v) is 3.38. The lowest BCUT2D eigenvalue weighted by atomic mass is 10.2. The second-order valence-corrected chi connectivity index (χ2v) is 6.91. The molecule has 1 heterocycles. The molecule has 5 nitrogen and oxygen atoms in total. The summed E-state index contributed by atoms with van der Waals surface area (Å²) < 4.78 is 14.5. The molecule has 8 heteroatoms. The van der Waals surface area contributed by atoms with E-state index in [0.29, 0.717) is 21.6 Å². The first-order chi connectivity index (χ1) is 13.1. The largest absolute Gasteiger partial charge is 0.333 e. The van der Waals surface area contributed by atoms with Crippen LogP contribution in [-0.2, 0) is 12.3 Å². The van der Waals surface area contributed by atoms with Crippen LogP contribution in [0.2, 0.25) is 5.02 Å². The second-order valence-electron chi connectivity index (χ2n) is 5.56. The summed E-state index contributed by atoms with van der Waals surface area (Å²) in [5.74, 6) is 0.321. The number of hydrogen-bond donors (Lipinski definition) is 1. The zero-order chi connectivity index (χ0) is 19.2. The van der Waals surface area contributed by atoms with Gasteiger partial charge in [0.1, 0.15) is 5.82 Å². The van der Waals surface area contributed by atoms with Crippen molar-refractivity contribution in [2.24, 2.45) is 0 Å². The molecule has 3 aromatic rings. The molecule has 0 saturated heterocycles. The molecule has 2 aromatic carbocycles. The number of halogens is 2. The van der Waals surface area contributed by atoms with Gasteiger partial charge in [0.2, 0.25) is 5.82 Å². The number of hydrogen-bond acceptors (Lipinski definition) is 5. The number of aromatic nitrogens is 3. The molecule has 0 saturated carbocycles. The van der Waals surface area contributed by atoms with E-state index < -0.39 is 0 Å². The predicted molar refractivity (Wildman–Crippen MR) is 107 cm³/mol. The molecule has 0 spiro atoms. The SMILES string of the molecule is C=CCn1c(SCc2ccc(F)cc2)nnc(Nc2ccccc2Cl)c1=O. The van der Waals surface area contributed by atoms with Crippen LogP contribution >= 0.6 is 23.4 Å². The van der Waals surface area contributed by atoms with Gasteiger partial charge in [0.05, 0.1) is 10.7 Å². The third-order valence-corrected chi connectivity index (χ3v) is 5.00. The minimum atomic E-state index is -0.327. The number of benzene rings is 2. The maximum absolute atomic E-state index is 13.0. The van der Waals surface area contributed by atoms with Crippen LogP contribution in [-0.4, -0.2) is 14.8 Å². The Morgan fingerprint density at radius 2 is 1.93 bits per heavy atom. The van der Waals surface area contributed by atoms with E-state index in [1.54, 1.807) is 42.5 Å². The number of anilines is 2. The summed E-state index contributed by atoms with van der Waals surface area (Å²) in [6.45, 7) is 3.98. The zero-order valence-electron chi connectivity index (χ0n) is 14.2. The number of nitrogens with zero attached hydrogens (tertiary/aromatic N) is 3. The van der Waals surface area contributed by atoms with Gasteiger partial charge in [0, 0.05) is 12.3 Å². The lowest BCUT2D eigenvalue weighted by Crippen LogP contribution is -2.26. The van der Waals surface area contributed by atoms with Crippen LogP contribution in [0.5, 0.6) is 0 Å². The average Bonchev–Trinajstić information content (AvgIpc) is 2.67. The number of rotatable bonds is 7. The smallest absolute Gasteiger partial charge is 0.297 e. The van der Waals surface area contributed by atoms with Crippen LogP contribution < -0.4 is 10.9 Å². The summed E-state index contributed by atoms with van der Waals surface area (Å²) in [6, 6.07) is 13.2. The molecule has 27 heavy (non-hydrogen) atoms. The van der Waals surface area contributed by atoms with Crippen LogP contribution in [0.25, 0.3) is 0 Å². The summed E-state index contributed by atoms with van der Waals surface area (Å²) in [5, 5.41) is 12.0. The van der Waals surface area contributed by atoms with E-state index in [9.17, 15) is 9.18 Å². The fourth-order valence-electron chi connectivity index (χ4n) is 2.30. The van der Waals surface area contributed by atoms with Crippen LogP contribution in [0.1, 0.15) is 5.56 Å². The molecule has 3 rings (SSSR count). The number of nitrogens with one attached hydrogen (secondary N) is 1. The monoisotopic (exact) mass is 402 g/mol. The van der Waals surface area contributed by atoms with Crippen molar-refractivity contribution < 1.29 is 4.39 Å². The van der Waals surface area contributed by atoms with Gasteiger partial charge in [-0.2, -0.15) is 0 Å². The van der Waals surface area contributed by atoms with E-state index in [4.69, 9.17) is 11.6 Å². The maximum Gasteiger partial charge on any atom is 0.297 e. The fraction of sp³-hybridized carbons (Fsp3) is 0.105. The highest BCUT2D eigenvalue weighted by atomic mass is 35.5. The van der Waals surface area contributed by atoms with Gasteiger partial charge in [-0.25, -0.2) is 4.39 Å². The van der Waals surface area contributed by atoms with Crippen LogP contribution in [0.4, 0.5) is 15.9 Å². The molecule has 0 aliphatic rings. The van der Waals surface area contributed by atoms with Crippen molar-refractivity contribution in [1.29, 1.82) is 0 Å². The van der Waals surface area contributed by atoms with E-state index in [0.717, 1.165) is 5.56 Å². The summed E-state index contributed by atoms with van der Waals surface area (Å²) in [4.78, 5) is 12.8. The minimum Gasteiger partial charge on any atom is -0.333 e. The Morgan fingerprint density at radius 1 is 1.19 bits per heavy atom. The van der Waals surface area contributed by atoms with Gasteiger partial charge in [-0.1, -0.05) is 53.7 Å². The van der Waals surface area contributed by atoms with E-state index in [2.05, 4.69) is 22.1 Å². The Bertz CT molecular complexity index is 1010. The number of para-hydroxylation sites is 1. The van der Waals surface area contributed by atoms with Crippen LogP contribution in [0.15, 0.2) is 71.1 Å². The Labute approximate surface area is 164 Å². The van der Waals surface area contributed by atoms with Crippen molar-refractivity contribution in [3.05, 3.63) is 87.9 Å². The first kappa shape index (κ1) is 19.1. The molecule has 0 amide bonds. The third-order valence-electron chi connectivity index (χ3n) is 3.63. The Kier molecular flexibility index (Phi) is 6.26. The average molecular weight is 403 g/mol. The molecule has 0 atom stereocenters. The first-order valence-electron chi connectivity index (χ1n) is 8.05. The highest BCUT2D eigenvalue weighted by Crippen LogP contribution is 2.24. The molecule has 1 aromatic heterocycles. The standard InChI is InChI=1S/C19H16ClFN4OS/c1-2-11-25-18(26)17(22-16-6-4-3-5-15(16)20)23-24-19(25)27-12-13-7-9-14(21)10-8-13/h2-10H,1,11-12H2,(H,22,23). The van der Waals surface area contributed by atoms with Crippen molar-refractivity contribution in [2.45, 2.75) is 17.5 Å². The molecular weight excluding hydrogens is 387 g/mol. The molecule has 0 aliphatic carbocycles. The number of allylic oxidation sites excluding steroid dienone is 1. The van der Waals surface area contributed by atoms with E-state index in [1.807, 2.05) is 0 Å². The summed E-state index contributed by atoms with van der Waals surface area (Å²) in [5.41, 5.74) is 1.16. The highest BCUT2D eigenvalue weighted by Gasteiger charge is 2.13. The van der Waals surface area contributed by atoms with Crippen LogP contribution in [0.3, 0.4) is 0 Å². The van der Waals surface area contributed by atoms with Crippen LogP contribution in [0, 0.1) is 5.82 Å². The van der Waals surface area contributed by atoms with Crippen molar-refractivity contribution in [1.82, 2.24) is 14.8 Å². The van der Waals surface area contributed by atoms with E-state index in [-0.39, 0.29) is 23.7 Å². The minimum absolute atomic E-state index is 0.0797.